The predicted octanol–water partition coefficient (Wildman–Crippen LogP) is 2.03. The zero-order chi connectivity index (χ0) is 12.3. The maximum Gasteiger partial charge on any atom is 0.123 e. The fourth-order valence-electron chi connectivity index (χ4n) is 1.72. The van der Waals surface area contributed by atoms with Crippen molar-refractivity contribution < 1.29 is 4.39 Å². The molecule has 1 atom stereocenters. The van der Waals surface area contributed by atoms with Gasteiger partial charge in [-0.1, -0.05) is 12.1 Å². The summed E-state index contributed by atoms with van der Waals surface area (Å²) < 4.78 is 12.8. The summed E-state index contributed by atoms with van der Waals surface area (Å²) in [7, 11) is 0. The smallest absolute Gasteiger partial charge is 0.123 e. The van der Waals surface area contributed by atoms with Crippen LogP contribution < -0.4 is 5.73 Å². The molecule has 17 heavy (non-hydrogen) atoms. The molecule has 0 aliphatic carbocycles. The lowest BCUT2D eigenvalue weighted by Crippen LogP contribution is -2.35. The summed E-state index contributed by atoms with van der Waals surface area (Å²) in [5, 5.41) is 0. The van der Waals surface area contributed by atoms with Crippen molar-refractivity contribution in [1.82, 2.24) is 9.97 Å². The summed E-state index contributed by atoms with van der Waals surface area (Å²) in [6.45, 7) is 1.91. The molecule has 0 aliphatic rings. The number of aromatic nitrogens is 2. The number of hydrogen-bond donors (Lipinski definition) is 1. The van der Waals surface area contributed by atoms with Crippen molar-refractivity contribution in [2.24, 2.45) is 5.73 Å². The molecule has 0 aliphatic heterocycles. The normalized spacial score (nSPS) is 14.3. The summed E-state index contributed by atoms with van der Waals surface area (Å²) in [6, 6.07) is 6.36. The third kappa shape index (κ3) is 2.85. The molecular weight excluding hydrogens is 217 g/mol. The van der Waals surface area contributed by atoms with Gasteiger partial charge in [-0.05, 0) is 31.0 Å². The lowest BCUT2D eigenvalue weighted by molar-refractivity contribution is 0.487. The number of nitrogens with zero attached hydrogens (tertiary/aromatic N) is 2. The van der Waals surface area contributed by atoms with Crippen molar-refractivity contribution in [3.8, 4) is 0 Å². The Labute approximate surface area is 99.5 Å². The molecule has 2 aromatic rings. The summed E-state index contributed by atoms with van der Waals surface area (Å²) in [6.07, 6.45) is 5.49. The van der Waals surface area contributed by atoms with Crippen molar-refractivity contribution in [2.45, 2.75) is 18.9 Å². The van der Waals surface area contributed by atoms with Gasteiger partial charge < -0.3 is 5.73 Å². The number of nitrogens with two attached hydrogens (primary N) is 1. The van der Waals surface area contributed by atoms with E-state index >= 15 is 0 Å². The predicted molar refractivity (Wildman–Crippen MR) is 63.7 cm³/mol. The first-order chi connectivity index (χ1) is 8.08. The van der Waals surface area contributed by atoms with E-state index in [2.05, 4.69) is 9.97 Å². The quantitative estimate of drug-likeness (QED) is 0.879. The Balaban J connectivity index is 2.20. The highest BCUT2D eigenvalue weighted by Crippen LogP contribution is 2.21. The summed E-state index contributed by atoms with van der Waals surface area (Å²) in [5.41, 5.74) is 7.53. The molecule has 2 N–H and O–H groups in total. The highest BCUT2D eigenvalue weighted by molar-refractivity contribution is 5.24. The van der Waals surface area contributed by atoms with Crippen LogP contribution in [0.2, 0.25) is 0 Å². The molecular formula is C13H14FN3. The van der Waals surface area contributed by atoms with E-state index in [1.54, 1.807) is 24.5 Å². The van der Waals surface area contributed by atoms with E-state index in [0.29, 0.717) is 6.42 Å². The van der Waals surface area contributed by atoms with Crippen LogP contribution in [0.25, 0.3) is 0 Å². The first-order valence-electron chi connectivity index (χ1n) is 5.37. The van der Waals surface area contributed by atoms with Crippen LogP contribution in [-0.4, -0.2) is 9.97 Å². The van der Waals surface area contributed by atoms with Crippen LogP contribution in [0.1, 0.15) is 18.1 Å². The molecule has 2 rings (SSSR count). The Morgan fingerprint density at radius 1 is 1.18 bits per heavy atom. The molecule has 0 saturated carbocycles. The highest BCUT2D eigenvalue weighted by atomic mass is 19.1. The molecule has 1 aromatic carbocycles. The van der Waals surface area contributed by atoms with Gasteiger partial charge in [0.2, 0.25) is 0 Å². The van der Waals surface area contributed by atoms with E-state index in [0.717, 1.165) is 11.1 Å². The molecule has 88 valence electrons. The molecule has 0 amide bonds. The average Bonchev–Trinajstić information content (AvgIpc) is 2.33. The third-order valence-corrected chi connectivity index (χ3v) is 2.70. The zero-order valence-electron chi connectivity index (χ0n) is 9.60. The van der Waals surface area contributed by atoms with E-state index in [4.69, 9.17) is 5.73 Å². The van der Waals surface area contributed by atoms with Crippen molar-refractivity contribution in [1.29, 1.82) is 0 Å². The standard InChI is InChI=1S/C13H14FN3/c1-13(15,11-7-16-9-17-8-11)6-10-2-4-12(14)5-3-10/h2-5,7-9H,6,15H2,1H3. The van der Waals surface area contributed by atoms with Crippen LogP contribution in [-0.2, 0) is 12.0 Å². The second-order valence-electron chi connectivity index (χ2n) is 4.35. The Kier molecular flexibility index (Phi) is 3.15. The number of benzene rings is 1. The molecule has 0 spiro atoms. The first kappa shape index (κ1) is 11.7. The Hall–Kier alpha value is -1.81. The summed E-state index contributed by atoms with van der Waals surface area (Å²) in [4.78, 5) is 7.91. The Bertz CT molecular complexity index is 480. The van der Waals surface area contributed by atoms with Gasteiger partial charge in [0, 0.05) is 23.5 Å². The average molecular weight is 231 g/mol. The SMILES string of the molecule is CC(N)(Cc1ccc(F)cc1)c1cncnc1. The van der Waals surface area contributed by atoms with E-state index in [1.165, 1.54) is 18.5 Å². The Morgan fingerprint density at radius 2 is 1.76 bits per heavy atom. The second kappa shape index (κ2) is 4.59. The molecule has 0 fully saturated rings. The topological polar surface area (TPSA) is 51.8 Å². The third-order valence-electron chi connectivity index (χ3n) is 2.70. The number of halogens is 1. The molecule has 1 aromatic heterocycles. The van der Waals surface area contributed by atoms with Gasteiger partial charge in [-0.2, -0.15) is 0 Å². The maximum atomic E-state index is 12.8. The molecule has 0 bridgehead atoms. The maximum absolute atomic E-state index is 12.8. The van der Waals surface area contributed by atoms with E-state index in [9.17, 15) is 4.39 Å². The van der Waals surface area contributed by atoms with Crippen LogP contribution in [0.5, 0.6) is 0 Å². The minimum absolute atomic E-state index is 0.240. The van der Waals surface area contributed by atoms with Gasteiger partial charge in [0.15, 0.2) is 0 Å². The van der Waals surface area contributed by atoms with Crippen molar-refractivity contribution in [3.05, 3.63) is 59.9 Å². The fourth-order valence-corrected chi connectivity index (χ4v) is 1.72. The fraction of sp³-hybridized carbons (Fsp3) is 0.231. The summed E-state index contributed by atoms with van der Waals surface area (Å²) in [5.74, 6) is -0.240. The van der Waals surface area contributed by atoms with Gasteiger partial charge in [0.1, 0.15) is 12.1 Å². The monoisotopic (exact) mass is 231 g/mol. The van der Waals surface area contributed by atoms with Gasteiger partial charge in [0.25, 0.3) is 0 Å². The van der Waals surface area contributed by atoms with Crippen molar-refractivity contribution in [3.63, 3.8) is 0 Å². The molecule has 1 unspecified atom stereocenters. The van der Waals surface area contributed by atoms with E-state index < -0.39 is 5.54 Å². The van der Waals surface area contributed by atoms with E-state index in [1.807, 2.05) is 6.92 Å². The van der Waals surface area contributed by atoms with Crippen LogP contribution >= 0.6 is 0 Å². The van der Waals surface area contributed by atoms with Crippen molar-refractivity contribution in [2.75, 3.05) is 0 Å². The van der Waals surface area contributed by atoms with Crippen LogP contribution in [0, 0.1) is 5.82 Å². The van der Waals surface area contributed by atoms with Gasteiger partial charge in [-0.3, -0.25) is 0 Å². The number of rotatable bonds is 3. The molecule has 3 nitrogen and oxygen atoms in total. The minimum atomic E-state index is -0.556. The number of hydrogen-bond acceptors (Lipinski definition) is 3. The van der Waals surface area contributed by atoms with Crippen LogP contribution in [0.3, 0.4) is 0 Å². The second-order valence-corrected chi connectivity index (χ2v) is 4.35. The van der Waals surface area contributed by atoms with Gasteiger partial charge in [-0.15, -0.1) is 0 Å². The molecule has 4 heteroatoms. The van der Waals surface area contributed by atoms with Gasteiger partial charge in [-0.25, -0.2) is 14.4 Å². The zero-order valence-corrected chi connectivity index (χ0v) is 9.60. The highest BCUT2D eigenvalue weighted by Gasteiger charge is 2.22. The lowest BCUT2D eigenvalue weighted by atomic mass is 9.88. The minimum Gasteiger partial charge on any atom is -0.321 e. The van der Waals surface area contributed by atoms with Crippen molar-refractivity contribution >= 4 is 0 Å². The van der Waals surface area contributed by atoms with Crippen LogP contribution in [0.15, 0.2) is 43.0 Å². The van der Waals surface area contributed by atoms with Gasteiger partial charge >= 0.3 is 0 Å². The Morgan fingerprint density at radius 3 is 2.35 bits per heavy atom. The van der Waals surface area contributed by atoms with Crippen LogP contribution in [0.4, 0.5) is 4.39 Å². The van der Waals surface area contributed by atoms with E-state index in [-0.39, 0.29) is 5.82 Å². The lowest BCUT2D eigenvalue weighted by Gasteiger charge is -2.24. The van der Waals surface area contributed by atoms with Gasteiger partial charge in [0.05, 0.1) is 0 Å². The molecule has 0 saturated heterocycles. The first-order valence-corrected chi connectivity index (χ1v) is 5.37. The largest absolute Gasteiger partial charge is 0.321 e. The molecule has 0 radical (unpaired) electrons. The molecule has 1 heterocycles. The summed E-state index contributed by atoms with van der Waals surface area (Å²) >= 11 is 0.